The highest BCUT2D eigenvalue weighted by atomic mass is 16.5. The molecule has 5 nitrogen and oxygen atoms in total. The van der Waals surface area contributed by atoms with E-state index in [1.54, 1.807) is 6.20 Å². The number of aliphatic hydroxyl groups is 1. The average molecular weight is 483 g/mol. The first-order valence-electron chi connectivity index (χ1n) is 13.0. The quantitative estimate of drug-likeness (QED) is 0.405. The van der Waals surface area contributed by atoms with Crippen LogP contribution in [0.2, 0.25) is 0 Å². The van der Waals surface area contributed by atoms with Gasteiger partial charge in [0.2, 0.25) is 0 Å². The van der Waals surface area contributed by atoms with Crippen LogP contribution in [0.1, 0.15) is 54.4 Å². The Morgan fingerprint density at radius 3 is 2.72 bits per heavy atom. The third-order valence-electron chi connectivity index (χ3n) is 8.04. The fourth-order valence-electron chi connectivity index (χ4n) is 6.28. The SMILES string of the molecule is N#CCCOC[C@@]1(O)CC[C@]2(Cc3ccccc3)c3ccc(OCc4cccnc4)cc3CC[C@@H]2C1. The number of nitrogens with zero attached hydrogens (tertiary/aromatic N) is 2. The fraction of sp³-hybridized carbons (Fsp3) is 0.419. The molecule has 0 bridgehead atoms. The summed E-state index contributed by atoms with van der Waals surface area (Å²) < 4.78 is 11.8. The predicted octanol–water partition coefficient (Wildman–Crippen LogP) is 5.55. The molecule has 1 heterocycles. The van der Waals surface area contributed by atoms with Gasteiger partial charge in [-0.1, -0.05) is 42.5 Å². The van der Waals surface area contributed by atoms with Gasteiger partial charge in [0.15, 0.2) is 0 Å². The number of hydrogen-bond donors (Lipinski definition) is 1. The van der Waals surface area contributed by atoms with Crippen molar-refractivity contribution in [2.75, 3.05) is 13.2 Å². The highest BCUT2D eigenvalue weighted by Gasteiger charge is 2.51. The predicted molar refractivity (Wildman–Crippen MR) is 138 cm³/mol. The largest absolute Gasteiger partial charge is 0.489 e. The standard InChI is InChI=1S/C31H34N2O3/c32-15-5-17-35-23-30(34)13-14-31(19-24-6-2-1-3-7-24)27(20-30)10-9-26-18-28(11-12-29(26)31)36-22-25-8-4-16-33-21-25/h1-4,6-8,11-12,16,18,21,27,34H,5,9-10,13-14,17,19-20,22-23H2/t27-,30-,31-/m1/s1. The van der Waals surface area contributed by atoms with Gasteiger partial charge < -0.3 is 14.6 Å². The van der Waals surface area contributed by atoms with Crippen LogP contribution >= 0.6 is 0 Å². The van der Waals surface area contributed by atoms with Gasteiger partial charge in [-0.25, -0.2) is 0 Å². The van der Waals surface area contributed by atoms with Crippen molar-refractivity contribution in [1.82, 2.24) is 4.98 Å². The normalized spacial score (nSPS) is 24.8. The van der Waals surface area contributed by atoms with Crippen molar-refractivity contribution >= 4 is 0 Å². The van der Waals surface area contributed by atoms with E-state index in [0.717, 1.165) is 43.4 Å². The summed E-state index contributed by atoms with van der Waals surface area (Å²) in [6, 6.07) is 23.4. The van der Waals surface area contributed by atoms with Crippen LogP contribution in [0.5, 0.6) is 5.75 Å². The first-order valence-corrected chi connectivity index (χ1v) is 13.0. The number of fused-ring (bicyclic) bond motifs is 3. The number of ether oxygens (including phenoxy) is 2. The Morgan fingerprint density at radius 2 is 1.92 bits per heavy atom. The second kappa shape index (κ2) is 10.8. The summed E-state index contributed by atoms with van der Waals surface area (Å²) in [5.41, 5.74) is 4.31. The van der Waals surface area contributed by atoms with Crippen molar-refractivity contribution in [3.63, 3.8) is 0 Å². The van der Waals surface area contributed by atoms with Crippen molar-refractivity contribution in [3.8, 4) is 11.8 Å². The van der Waals surface area contributed by atoms with Crippen LogP contribution in [-0.4, -0.2) is 28.9 Å². The van der Waals surface area contributed by atoms with Crippen molar-refractivity contribution in [3.05, 3.63) is 95.3 Å². The zero-order valence-corrected chi connectivity index (χ0v) is 20.7. The van der Waals surface area contributed by atoms with Crippen molar-refractivity contribution < 1.29 is 14.6 Å². The van der Waals surface area contributed by atoms with E-state index in [2.05, 4.69) is 59.6 Å². The Hall–Kier alpha value is -3.20. The van der Waals surface area contributed by atoms with Crippen molar-refractivity contribution in [2.45, 2.75) is 62.6 Å². The number of aryl methyl sites for hydroxylation is 1. The molecule has 5 heteroatoms. The lowest BCUT2D eigenvalue weighted by Crippen LogP contribution is -2.52. The molecule has 5 rings (SSSR count). The third kappa shape index (κ3) is 5.31. The highest BCUT2D eigenvalue weighted by molar-refractivity contribution is 5.45. The second-order valence-electron chi connectivity index (χ2n) is 10.4. The van der Waals surface area contributed by atoms with Crippen LogP contribution in [0.25, 0.3) is 0 Å². The van der Waals surface area contributed by atoms with E-state index in [0.29, 0.717) is 38.6 Å². The summed E-state index contributed by atoms with van der Waals surface area (Å²) in [6.45, 7) is 1.19. The Bertz CT molecular complexity index is 1190. The molecule has 0 unspecified atom stereocenters. The number of benzene rings is 2. The maximum absolute atomic E-state index is 11.4. The lowest BCUT2D eigenvalue weighted by molar-refractivity contribution is -0.1000. The van der Waals surface area contributed by atoms with Crippen LogP contribution in [0.4, 0.5) is 0 Å². The van der Waals surface area contributed by atoms with Gasteiger partial charge in [0.1, 0.15) is 12.4 Å². The number of rotatable bonds is 9. The number of pyridine rings is 1. The lowest BCUT2D eigenvalue weighted by atomic mass is 9.52. The smallest absolute Gasteiger partial charge is 0.120 e. The minimum Gasteiger partial charge on any atom is -0.489 e. The summed E-state index contributed by atoms with van der Waals surface area (Å²) in [5, 5.41) is 20.2. The van der Waals surface area contributed by atoms with Gasteiger partial charge >= 0.3 is 0 Å². The molecule has 36 heavy (non-hydrogen) atoms. The van der Waals surface area contributed by atoms with Gasteiger partial charge in [-0.15, -0.1) is 0 Å². The summed E-state index contributed by atoms with van der Waals surface area (Å²) in [5.74, 6) is 1.26. The molecule has 0 amide bonds. The molecule has 2 aliphatic rings. The Morgan fingerprint density at radius 1 is 1.06 bits per heavy atom. The molecular formula is C31H34N2O3. The Balaban J connectivity index is 1.40. The van der Waals surface area contributed by atoms with Gasteiger partial charge in [-0.2, -0.15) is 5.26 Å². The molecule has 0 spiro atoms. The molecule has 1 N–H and O–H groups in total. The summed E-state index contributed by atoms with van der Waals surface area (Å²) in [7, 11) is 0. The monoisotopic (exact) mass is 482 g/mol. The van der Waals surface area contributed by atoms with Crippen LogP contribution in [-0.2, 0) is 29.6 Å². The molecule has 1 saturated carbocycles. The van der Waals surface area contributed by atoms with Gasteiger partial charge in [0.25, 0.3) is 0 Å². The average Bonchev–Trinajstić information content (AvgIpc) is 2.91. The van der Waals surface area contributed by atoms with Crippen LogP contribution < -0.4 is 4.74 Å². The molecule has 1 aromatic heterocycles. The first-order chi connectivity index (χ1) is 17.6. The number of hydrogen-bond acceptors (Lipinski definition) is 5. The summed E-state index contributed by atoms with van der Waals surface area (Å²) in [6.07, 6.45) is 9.28. The zero-order valence-electron chi connectivity index (χ0n) is 20.7. The van der Waals surface area contributed by atoms with Crippen LogP contribution in [0, 0.1) is 17.2 Å². The molecule has 0 aliphatic heterocycles. The minimum absolute atomic E-state index is 0.0182. The van der Waals surface area contributed by atoms with E-state index in [1.807, 2.05) is 18.3 Å². The molecule has 0 radical (unpaired) electrons. The second-order valence-corrected chi connectivity index (χ2v) is 10.4. The lowest BCUT2D eigenvalue weighted by Gasteiger charge is -2.53. The van der Waals surface area contributed by atoms with Crippen LogP contribution in [0.15, 0.2) is 73.1 Å². The third-order valence-corrected chi connectivity index (χ3v) is 8.04. The zero-order chi connectivity index (χ0) is 24.8. The van der Waals surface area contributed by atoms with E-state index in [9.17, 15) is 5.11 Å². The topological polar surface area (TPSA) is 75.4 Å². The van der Waals surface area contributed by atoms with Crippen molar-refractivity contribution in [2.24, 2.45) is 5.92 Å². The number of nitriles is 1. The van der Waals surface area contributed by atoms with Gasteiger partial charge in [0.05, 0.1) is 31.3 Å². The minimum atomic E-state index is -0.829. The Kier molecular flexibility index (Phi) is 7.36. The van der Waals surface area contributed by atoms with E-state index >= 15 is 0 Å². The van der Waals surface area contributed by atoms with Gasteiger partial charge in [-0.05, 0) is 79.3 Å². The Labute approximate surface area is 213 Å². The molecule has 3 atom stereocenters. The highest BCUT2D eigenvalue weighted by Crippen LogP contribution is 2.54. The molecule has 0 saturated heterocycles. The van der Waals surface area contributed by atoms with E-state index in [1.165, 1.54) is 16.7 Å². The fourth-order valence-corrected chi connectivity index (χ4v) is 6.28. The van der Waals surface area contributed by atoms with E-state index < -0.39 is 5.60 Å². The molecule has 2 aromatic carbocycles. The summed E-state index contributed by atoms with van der Waals surface area (Å²) >= 11 is 0. The maximum atomic E-state index is 11.4. The molecular weight excluding hydrogens is 448 g/mol. The molecule has 1 fully saturated rings. The maximum Gasteiger partial charge on any atom is 0.120 e. The van der Waals surface area contributed by atoms with E-state index in [-0.39, 0.29) is 5.41 Å². The van der Waals surface area contributed by atoms with E-state index in [4.69, 9.17) is 14.7 Å². The van der Waals surface area contributed by atoms with Crippen molar-refractivity contribution in [1.29, 1.82) is 5.26 Å². The molecule has 2 aliphatic carbocycles. The van der Waals surface area contributed by atoms with Gasteiger partial charge in [0, 0.05) is 23.4 Å². The molecule has 186 valence electrons. The molecule has 3 aromatic rings. The number of aromatic nitrogens is 1. The summed E-state index contributed by atoms with van der Waals surface area (Å²) in [4.78, 5) is 4.18. The first kappa shape index (κ1) is 24.5. The van der Waals surface area contributed by atoms with Crippen LogP contribution in [0.3, 0.4) is 0 Å². The van der Waals surface area contributed by atoms with Gasteiger partial charge in [-0.3, -0.25) is 4.98 Å².